The molecule has 0 aliphatic carbocycles. The summed E-state index contributed by atoms with van der Waals surface area (Å²) >= 11 is 0. The van der Waals surface area contributed by atoms with Gasteiger partial charge in [0.2, 0.25) is 0 Å². The molecule has 1 atom stereocenters. The maximum atomic E-state index is 11.1. The zero-order valence-corrected chi connectivity index (χ0v) is 11.0. The Morgan fingerprint density at radius 3 is 2.65 bits per heavy atom. The summed E-state index contributed by atoms with van der Waals surface area (Å²) < 4.78 is 4.64. The maximum Gasteiger partial charge on any atom is 0.307 e. The quantitative estimate of drug-likeness (QED) is 0.797. The standard InChI is InChI=1S/C14H21NO2/c1-10(2)12-6-5-7-13(9-12)15-11(3)8-14(16)17-4/h5-7,9-11,15H,8H2,1-4H3. The Balaban J connectivity index is 2.62. The van der Waals surface area contributed by atoms with E-state index in [1.165, 1.54) is 12.7 Å². The lowest BCUT2D eigenvalue weighted by atomic mass is 10.0. The number of benzene rings is 1. The summed E-state index contributed by atoms with van der Waals surface area (Å²) in [4.78, 5) is 11.1. The second-order valence-corrected chi connectivity index (χ2v) is 4.61. The van der Waals surface area contributed by atoms with Crippen LogP contribution in [0.1, 0.15) is 38.7 Å². The summed E-state index contributed by atoms with van der Waals surface area (Å²) in [6.45, 7) is 6.30. The van der Waals surface area contributed by atoms with Crippen molar-refractivity contribution in [2.45, 2.75) is 39.2 Å². The van der Waals surface area contributed by atoms with E-state index in [1.54, 1.807) is 0 Å². The monoisotopic (exact) mass is 235 g/mol. The molecule has 3 nitrogen and oxygen atoms in total. The molecular formula is C14H21NO2. The number of esters is 1. The number of hydrogen-bond donors (Lipinski definition) is 1. The summed E-state index contributed by atoms with van der Waals surface area (Å²) in [7, 11) is 1.41. The van der Waals surface area contributed by atoms with Gasteiger partial charge in [0.1, 0.15) is 0 Å². The molecule has 0 spiro atoms. The molecule has 0 heterocycles. The average molecular weight is 235 g/mol. The Morgan fingerprint density at radius 1 is 1.35 bits per heavy atom. The van der Waals surface area contributed by atoms with E-state index in [0.29, 0.717) is 12.3 Å². The van der Waals surface area contributed by atoms with Gasteiger partial charge >= 0.3 is 5.97 Å². The maximum absolute atomic E-state index is 11.1. The molecule has 0 bridgehead atoms. The first-order chi connectivity index (χ1) is 8.02. The molecule has 0 radical (unpaired) electrons. The number of anilines is 1. The van der Waals surface area contributed by atoms with Crippen LogP contribution in [0.25, 0.3) is 0 Å². The molecule has 0 fully saturated rings. The highest BCUT2D eigenvalue weighted by Crippen LogP contribution is 2.19. The van der Waals surface area contributed by atoms with Crippen molar-refractivity contribution >= 4 is 11.7 Å². The summed E-state index contributed by atoms with van der Waals surface area (Å²) in [5.74, 6) is 0.317. The highest BCUT2D eigenvalue weighted by molar-refractivity contribution is 5.70. The number of rotatable bonds is 5. The number of ether oxygens (including phenoxy) is 1. The Kier molecular flexibility index (Phi) is 5.01. The van der Waals surface area contributed by atoms with Gasteiger partial charge in [-0.15, -0.1) is 0 Å². The molecular weight excluding hydrogens is 214 g/mol. The van der Waals surface area contributed by atoms with Crippen molar-refractivity contribution in [3.05, 3.63) is 29.8 Å². The molecule has 17 heavy (non-hydrogen) atoms. The van der Waals surface area contributed by atoms with Crippen molar-refractivity contribution in [1.82, 2.24) is 0 Å². The SMILES string of the molecule is COC(=O)CC(C)Nc1cccc(C(C)C)c1. The number of nitrogens with one attached hydrogen (secondary N) is 1. The normalized spacial score (nSPS) is 12.3. The molecule has 0 saturated heterocycles. The Hall–Kier alpha value is -1.51. The molecule has 1 aromatic rings. The van der Waals surface area contributed by atoms with Gasteiger partial charge in [-0.05, 0) is 30.5 Å². The van der Waals surface area contributed by atoms with Crippen LogP contribution in [0.5, 0.6) is 0 Å². The van der Waals surface area contributed by atoms with Crippen LogP contribution in [0.3, 0.4) is 0 Å². The van der Waals surface area contributed by atoms with Crippen LogP contribution in [-0.2, 0) is 9.53 Å². The van der Waals surface area contributed by atoms with Gasteiger partial charge in [-0.25, -0.2) is 0 Å². The minimum atomic E-state index is -0.190. The summed E-state index contributed by atoms with van der Waals surface area (Å²) in [5, 5.41) is 3.30. The minimum absolute atomic E-state index is 0.0739. The summed E-state index contributed by atoms with van der Waals surface area (Å²) in [5.41, 5.74) is 2.34. The fraction of sp³-hybridized carbons (Fsp3) is 0.500. The highest BCUT2D eigenvalue weighted by atomic mass is 16.5. The van der Waals surface area contributed by atoms with Crippen molar-refractivity contribution < 1.29 is 9.53 Å². The third-order valence-corrected chi connectivity index (χ3v) is 2.67. The summed E-state index contributed by atoms with van der Waals surface area (Å²) in [6, 6.07) is 8.35. The first-order valence-electron chi connectivity index (χ1n) is 5.96. The predicted octanol–water partition coefficient (Wildman–Crippen LogP) is 3.17. The van der Waals surface area contributed by atoms with Gasteiger partial charge in [0.05, 0.1) is 13.5 Å². The van der Waals surface area contributed by atoms with Crippen molar-refractivity contribution in [2.24, 2.45) is 0 Å². The van der Waals surface area contributed by atoms with Gasteiger partial charge < -0.3 is 10.1 Å². The molecule has 0 aromatic heterocycles. The van der Waals surface area contributed by atoms with Gasteiger partial charge in [0.25, 0.3) is 0 Å². The molecule has 1 rings (SSSR count). The highest BCUT2D eigenvalue weighted by Gasteiger charge is 2.09. The van der Waals surface area contributed by atoms with Crippen LogP contribution < -0.4 is 5.32 Å². The van der Waals surface area contributed by atoms with Crippen LogP contribution in [-0.4, -0.2) is 19.1 Å². The lowest BCUT2D eigenvalue weighted by molar-refractivity contribution is -0.140. The van der Waals surface area contributed by atoms with Crippen LogP contribution >= 0.6 is 0 Å². The fourth-order valence-corrected chi connectivity index (χ4v) is 1.66. The minimum Gasteiger partial charge on any atom is -0.469 e. The van der Waals surface area contributed by atoms with Gasteiger partial charge in [0.15, 0.2) is 0 Å². The van der Waals surface area contributed by atoms with Crippen molar-refractivity contribution in [3.63, 3.8) is 0 Å². The van der Waals surface area contributed by atoms with E-state index in [-0.39, 0.29) is 12.0 Å². The fourth-order valence-electron chi connectivity index (χ4n) is 1.66. The smallest absolute Gasteiger partial charge is 0.307 e. The van der Waals surface area contributed by atoms with Gasteiger partial charge in [-0.1, -0.05) is 26.0 Å². The van der Waals surface area contributed by atoms with Crippen LogP contribution in [0, 0.1) is 0 Å². The van der Waals surface area contributed by atoms with Crippen molar-refractivity contribution in [1.29, 1.82) is 0 Å². The molecule has 1 N–H and O–H groups in total. The van der Waals surface area contributed by atoms with E-state index >= 15 is 0 Å². The zero-order chi connectivity index (χ0) is 12.8. The number of hydrogen-bond acceptors (Lipinski definition) is 3. The zero-order valence-electron chi connectivity index (χ0n) is 11.0. The van der Waals surface area contributed by atoms with Crippen molar-refractivity contribution in [2.75, 3.05) is 12.4 Å². The van der Waals surface area contributed by atoms with Gasteiger partial charge in [-0.3, -0.25) is 4.79 Å². The molecule has 1 unspecified atom stereocenters. The Bertz CT molecular complexity index is 374. The third-order valence-electron chi connectivity index (χ3n) is 2.67. The third kappa shape index (κ3) is 4.47. The van der Waals surface area contributed by atoms with Crippen LogP contribution in [0.2, 0.25) is 0 Å². The lowest BCUT2D eigenvalue weighted by Gasteiger charge is -2.15. The largest absolute Gasteiger partial charge is 0.469 e. The Labute approximate surface area is 103 Å². The Morgan fingerprint density at radius 2 is 2.06 bits per heavy atom. The number of methoxy groups -OCH3 is 1. The van der Waals surface area contributed by atoms with E-state index in [4.69, 9.17) is 0 Å². The van der Waals surface area contributed by atoms with E-state index < -0.39 is 0 Å². The predicted molar refractivity (Wildman–Crippen MR) is 70.2 cm³/mol. The molecule has 0 amide bonds. The first kappa shape index (κ1) is 13.6. The molecule has 0 aliphatic rings. The molecule has 0 aliphatic heterocycles. The van der Waals surface area contributed by atoms with E-state index in [9.17, 15) is 4.79 Å². The summed E-state index contributed by atoms with van der Waals surface area (Å²) in [6.07, 6.45) is 0.377. The average Bonchev–Trinajstić information content (AvgIpc) is 2.28. The van der Waals surface area contributed by atoms with Gasteiger partial charge in [0, 0.05) is 11.7 Å². The topological polar surface area (TPSA) is 38.3 Å². The second kappa shape index (κ2) is 6.28. The lowest BCUT2D eigenvalue weighted by Crippen LogP contribution is -2.20. The van der Waals surface area contributed by atoms with Crippen molar-refractivity contribution in [3.8, 4) is 0 Å². The van der Waals surface area contributed by atoms with Gasteiger partial charge in [-0.2, -0.15) is 0 Å². The first-order valence-corrected chi connectivity index (χ1v) is 5.96. The molecule has 94 valence electrons. The molecule has 0 saturated carbocycles. The van der Waals surface area contributed by atoms with Crippen LogP contribution in [0.4, 0.5) is 5.69 Å². The van der Waals surface area contributed by atoms with Crippen LogP contribution in [0.15, 0.2) is 24.3 Å². The molecule has 3 heteroatoms. The second-order valence-electron chi connectivity index (χ2n) is 4.61. The van der Waals surface area contributed by atoms with E-state index in [1.807, 2.05) is 19.1 Å². The van der Waals surface area contributed by atoms with E-state index in [0.717, 1.165) is 5.69 Å². The van der Waals surface area contributed by atoms with E-state index in [2.05, 4.69) is 36.0 Å². The molecule has 1 aromatic carbocycles. The number of carbonyl (C=O) groups is 1. The number of carbonyl (C=O) groups excluding carboxylic acids is 1.